The smallest absolute Gasteiger partial charge is 0.0107 e. The van der Waals surface area contributed by atoms with Crippen molar-refractivity contribution in [3.63, 3.8) is 0 Å². The van der Waals surface area contributed by atoms with Crippen molar-refractivity contribution in [3.05, 3.63) is 0 Å². The third-order valence-corrected chi connectivity index (χ3v) is 3.79. The molecule has 0 aromatic rings. The van der Waals surface area contributed by atoms with Gasteiger partial charge in [0.1, 0.15) is 0 Å². The fraction of sp³-hybridized carbons (Fsp3) is 1.00. The number of nitrogens with one attached hydrogen (secondary N) is 1. The van der Waals surface area contributed by atoms with E-state index in [2.05, 4.69) is 31.0 Å². The van der Waals surface area contributed by atoms with E-state index in [0.717, 1.165) is 5.92 Å². The van der Waals surface area contributed by atoms with Crippen molar-refractivity contribution in [2.24, 2.45) is 5.92 Å². The van der Waals surface area contributed by atoms with Crippen LogP contribution in [0.25, 0.3) is 0 Å². The molecule has 0 amide bonds. The number of rotatable bonds is 7. The first-order valence-corrected chi connectivity index (χ1v) is 7.18. The molecule has 2 nitrogen and oxygen atoms in total. The Kier molecular flexibility index (Phi) is 7.06. The zero-order valence-corrected chi connectivity index (χ0v) is 11.5. The standard InChI is InChI=1S/C14H30N2/c1-4-5-6-14(3)15-9-12-16-10-7-13(2)8-11-16/h13-15H,4-12H2,1-3H3. The number of unbranched alkanes of at least 4 members (excludes halogenated alkanes) is 1. The molecule has 1 aliphatic heterocycles. The average molecular weight is 226 g/mol. The minimum Gasteiger partial charge on any atom is -0.313 e. The van der Waals surface area contributed by atoms with Crippen molar-refractivity contribution in [2.75, 3.05) is 26.2 Å². The van der Waals surface area contributed by atoms with Crippen LogP contribution >= 0.6 is 0 Å². The van der Waals surface area contributed by atoms with Crippen molar-refractivity contribution in [2.45, 2.75) is 58.9 Å². The zero-order valence-electron chi connectivity index (χ0n) is 11.5. The van der Waals surface area contributed by atoms with Crippen molar-refractivity contribution in [3.8, 4) is 0 Å². The summed E-state index contributed by atoms with van der Waals surface area (Å²) in [5, 5.41) is 3.63. The molecule has 0 saturated carbocycles. The number of piperidine rings is 1. The Labute approximate surface area is 102 Å². The van der Waals surface area contributed by atoms with Gasteiger partial charge in [0, 0.05) is 19.1 Å². The highest BCUT2D eigenvalue weighted by molar-refractivity contribution is 4.70. The average Bonchev–Trinajstić information content (AvgIpc) is 2.29. The number of hydrogen-bond acceptors (Lipinski definition) is 2. The topological polar surface area (TPSA) is 15.3 Å². The van der Waals surface area contributed by atoms with Crippen LogP contribution in [0.4, 0.5) is 0 Å². The van der Waals surface area contributed by atoms with E-state index in [1.54, 1.807) is 0 Å². The molecule has 0 radical (unpaired) electrons. The minimum absolute atomic E-state index is 0.698. The Morgan fingerprint density at radius 3 is 2.62 bits per heavy atom. The number of hydrogen-bond donors (Lipinski definition) is 1. The molecule has 1 unspecified atom stereocenters. The van der Waals surface area contributed by atoms with Gasteiger partial charge >= 0.3 is 0 Å². The summed E-state index contributed by atoms with van der Waals surface area (Å²) in [5.74, 6) is 0.952. The Bertz CT molecular complexity index is 162. The van der Waals surface area contributed by atoms with Crippen LogP contribution in [-0.2, 0) is 0 Å². The van der Waals surface area contributed by atoms with Gasteiger partial charge in [0.25, 0.3) is 0 Å². The summed E-state index contributed by atoms with van der Waals surface area (Å²) in [5.41, 5.74) is 0. The second kappa shape index (κ2) is 8.08. The fourth-order valence-corrected chi connectivity index (χ4v) is 2.37. The molecule has 1 N–H and O–H groups in total. The maximum Gasteiger partial charge on any atom is 0.0107 e. The van der Waals surface area contributed by atoms with Gasteiger partial charge in [-0.15, -0.1) is 0 Å². The third-order valence-electron chi connectivity index (χ3n) is 3.79. The first-order chi connectivity index (χ1) is 7.72. The molecule has 1 fully saturated rings. The molecule has 16 heavy (non-hydrogen) atoms. The van der Waals surface area contributed by atoms with Crippen molar-refractivity contribution >= 4 is 0 Å². The van der Waals surface area contributed by atoms with E-state index in [9.17, 15) is 0 Å². The number of likely N-dealkylation sites (tertiary alicyclic amines) is 1. The van der Waals surface area contributed by atoms with E-state index in [1.165, 1.54) is 58.3 Å². The first-order valence-electron chi connectivity index (χ1n) is 7.18. The van der Waals surface area contributed by atoms with Gasteiger partial charge < -0.3 is 10.2 Å². The summed E-state index contributed by atoms with van der Waals surface area (Å²) in [7, 11) is 0. The number of nitrogens with zero attached hydrogens (tertiary/aromatic N) is 1. The fourth-order valence-electron chi connectivity index (χ4n) is 2.37. The normalized spacial score (nSPS) is 21.2. The summed E-state index contributed by atoms with van der Waals surface area (Å²) in [6, 6.07) is 0.698. The summed E-state index contributed by atoms with van der Waals surface area (Å²) in [4.78, 5) is 2.61. The van der Waals surface area contributed by atoms with Gasteiger partial charge in [-0.3, -0.25) is 0 Å². The molecular weight excluding hydrogens is 196 g/mol. The SMILES string of the molecule is CCCCC(C)NCCN1CCC(C)CC1. The summed E-state index contributed by atoms with van der Waals surface area (Å²) in [6.07, 6.45) is 6.79. The van der Waals surface area contributed by atoms with Gasteiger partial charge in [-0.05, 0) is 45.2 Å². The van der Waals surface area contributed by atoms with Gasteiger partial charge in [-0.25, -0.2) is 0 Å². The van der Waals surface area contributed by atoms with Crippen molar-refractivity contribution < 1.29 is 0 Å². The highest BCUT2D eigenvalue weighted by atomic mass is 15.1. The predicted molar refractivity (Wildman–Crippen MR) is 71.8 cm³/mol. The molecule has 1 heterocycles. The second-order valence-electron chi connectivity index (χ2n) is 5.52. The van der Waals surface area contributed by atoms with E-state index < -0.39 is 0 Å². The van der Waals surface area contributed by atoms with Gasteiger partial charge in [-0.1, -0.05) is 26.7 Å². The van der Waals surface area contributed by atoms with Crippen LogP contribution in [0.5, 0.6) is 0 Å². The van der Waals surface area contributed by atoms with Gasteiger partial charge in [0.2, 0.25) is 0 Å². The van der Waals surface area contributed by atoms with E-state index in [-0.39, 0.29) is 0 Å². The van der Waals surface area contributed by atoms with Crippen LogP contribution in [0.2, 0.25) is 0 Å². The highest BCUT2D eigenvalue weighted by Crippen LogP contribution is 2.15. The molecular formula is C14H30N2. The quantitative estimate of drug-likeness (QED) is 0.718. The maximum absolute atomic E-state index is 3.63. The van der Waals surface area contributed by atoms with Gasteiger partial charge in [0.15, 0.2) is 0 Å². The molecule has 0 aromatic carbocycles. The lowest BCUT2D eigenvalue weighted by Crippen LogP contribution is -2.39. The van der Waals surface area contributed by atoms with Crippen LogP contribution in [0.3, 0.4) is 0 Å². The molecule has 1 saturated heterocycles. The van der Waals surface area contributed by atoms with Crippen molar-refractivity contribution in [1.29, 1.82) is 0 Å². The van der Waals surface area contributed by atoms with Crippen molar-refractivity contribution in [1.82, 2.24) is 10.2 Å². The lowest BCUT2D eigenvalue weighted by atomic mass is 9.99. The Balaban J connectivity index is 1.98. The first kappa shape index (κ1) is 14.0. The van der Waals surface area contributed by atoms with E-state index in [0.29, 0.717) is 6.04 Å². The van der Waals surface area contributed by atoms with Crippen LogP contribution in [-0.4, -0.2) is 37.1 Å². The zero-order chi connectivity index (χ0) is 11.8. The molecule has 0 spiro atoms. The van der Waals surface area contributed by atoms with Crippen LogP contribution < -0.4 is 5.32 Å². The second-order valence-corrected chi connectivity index (χ2v) is 5.52. The molecule has 2 heteroatoms. The highest BCUT2D eigenvalue weighted by Gasteiger charge is 2.14. The van der Waals surface area contributed by atoms with Crippen LogP contribution in [0, 0.1) is 5.92 Å². The lowest BCUT2D eigenvalue weighted by molar-refractivity contribution is 0.191. The Morgan fingerprint density at radius 2 is 2.00 bits per heavy atom. The van der Waals surface area contributed by atoms with Gasteiger partial charge in [0.05, 0.1) is 0 Å². The molecule has 1 rings (SSSR count). The molecule has 96 valence electrons. The molecule has 0 aromatic heterocycles. The predicted octanol–water partition coefficient (Wildman–Crippen LogP) is 2.89. The Hall–Kier alpha value is -0.0800. The summed E-state index contributed by atoms with van der Waals surface area (Å²) in [6.45, 7) is 12.0. The van der Waals surface area contributed by atoms with E-state index in [4.69, 9.17) is 0 Å². The minimum atomic E-state index is 0.698. The largest absolute Gasteiger partial charge is 0.313 e. The molecule has 0 bridgehead atoms. The summed E-state index contributed by atoms with van der Waals surface area (Å²) >= 11 is 0. The lowest BCUT2D eigenvalue weighted by Gasteiger charge is -2.30. The van der Waals surface area contributed by atoms with Gasteiger partial charge in [-0.2, -0.15) is 0 Å². The Morgan fingerprint density at radius 1 is 1.31 bits per heavy atom. The molecule has 1 atom stereocenters. The monoisotopic (exact) mass is 226 g/mol. The maximum atomic E-state index is 3.63. The van der Waals surface area contributed by atoms with Crippen LogP contribution in [0.1, 0.15) is 52.9 Å². The van der Waals surface area contributed by atoms with E-state index >= 15 is 0 Å². The third kappa shape index (κ3) is 5.86. The van der Waals surface area contributed by atoms with E-state index in [1.807, 2.05) is 0 Å². The molecule has 0 aliphatic carbocycles. The van der Waals surface area contributed by atoms with Crippen LogP contribution in [0.15, 0.2) is 0 Å². The summed E-state index contributed by atoms with van der Waals surface area (Å²) < 4.78 is 0. The molecule has 1 aliphatic rings.